The second-order valence-electron chi connectivity index (χ2n) is 6.41. The predicted octanol–water partition coefficient (Wildman–Crippen LogP) is 1.21. The van der Waals surface area contributed by atoms with Gasteiger partial charge in [0.05, 0.1) is 11.5 Å². The third-order valence-electron chi connectivity index (χ3n) is 4.38. The van der Waals surface area contributed by atoms with Crippen LogP contribution in [0.1, 0.15) is 32.4 Å². The quantitative estimate of drug-likeness (QED) is 0.329. The van der Waals surface area contributed by atoms with E-state index in [0.717, 1.165) is 24.6 Å². The number of furan rings is 1. The second kappa shape index (κ2) is 11.3. The summed E-state index contributed by atoms with van der Waals surface area (Å²) in [6.07, 6.45) is 3.85. The van der Waals surface area contributed by atoms with Gasteiger partial charge < -0.3 is 19.4 Å². The van der Waals surface area contributed by atoms with Crippen LogP contribution in [0.15, 0.2) is 27.8 Å². The molecule has 2 heterocycles. The molecule has 0 amide bonds. The molecule has 0 bridgehead atoms. The van der Waals surface area contributed by atoms with Crippen molar-refractivity contribution in [3.63, 3.8) is 0 Å². The van der Waals surface area contributed by atoms with Crippen LogP contribution in [0.3, 0.4) is 0 Å². The SMILES string of the molecule is CCNS(=O)(=O)C1CCN(C(=NCCCOCC)NCCc2ccco2)C1. The zero-order valence-corrected chi connectivity index (χ0v) is 17.1. The van der Waals surface area contributed by atoms with E-state index in [1.54, 1.807) is 13.2 Å². The normalized spacial score (nSPS) is 18.2. The average Bonchev–Trinajstić information content (AvgIpc) is 3.32. The molecular weight excluding hydrogens is 368 g/mol. The molecule has 9 heteroatoms. The van der Waals surface area contributed by atoms with Gasteiger partial charge in [-0.3, -0.25) is 4.99 Å². The molecule has 1 fully saturated rings. The van der Waals surface area contributed by atoms with Crippen LogP contribution in [0, 0.1) is 0 Å². The lowest BCUT2D eigenvalue weighted by atomic mass is 10.3. The third-order valence-corrected chi connectivity index (χ3v) is 6.33. The lowest BCUT2D eigenvalue weighted by molar-refractivity contribution is 0.146. The fraction of sp³-hybridized carbons (Fsp3) is 0.722. The van der Waals surface area contributed by atoms with Crippen LogP contribution in [0.2, 0.25) is 0 Å². The van der Waals surface area contributed by atoms with Crippen molar-refractivity contribution in [2.24, 2.45) is 4.99 Å². The highest BCUT2D eigenvalue weighted by atomic mass is 32.2. The van der Waals surface area contributed by atoms with Gasteiger partial charge in [0.25, 0.3) is 0 Å². The highest BCUT2D eigenvalue weighted by Crippen LogP contribution is 2.16. The minimum Gasteiger partial charge on any atom is -0.469 e. The van der Waals surface area contributed by atoms with Gasteiger partial charge in [0, 0.05) is 52.4 Å². The first-order valence-electron chi connectivity index (χ1n) is 9.68. The summed E-state index contributed by atoms with van der Waals surface area (Å²) in [5, 5.41) is 2.95. The largest absolute Gasteiger partial charge is 0.469 e. The average molecular weight is 401 g/mol. The number of likely N-dealkylation sites (tertiary alicyclic amines) is 1. The summed E-state index contributed by atoms with van der Waals surface area (Å²) in [5.41, 5.74) is 0. The first kappa shape index (κ1) is 21.7. The van der Waals surface area contributed by atoms with Gasteiger partial charge in [0.1, 0.15) is 5.76 Å². The van der Waals surface area contributed by atoms with Crippen LogP contribution in [0.25, 0.3) is 0 Å². The van der Waals surface area contributed by atoms with E-state index in [-0.39, 0.29) is 0 Å². The number of hydrogen-bond acceptors (Lipinski definition) is 5. The molecule has 0 saturated carbocycles. The molecule has 1 aliphatic heterocycles. The van der Waals surface area contributed by atoms with Gasteiger partial charge in [0.2, 0.25) is 10.0 Å². The van der Waals surface area contributed by atoms with Gasteiger partial charge in [-0.05, 0) is 31.9 Å². The zero-order chi connectivity index (χ0) is 19.5. The number of aliphatic imine (C=N–C) groups is 1. The van der Waals surface area contributed by atoms with Gasteiger partial charge in [-0.2, -0.15) is 0 Å². The molecule has 1 aromatic heterocycles. The lowest BCUT2D eigenvalue weighted by Gasteiger charge is -2.22. The zero-order valence-electron chi connectivity index (χ0n) is 16.3. The molecule has 27 heavy (non-hydrogen) atoms. The highest BCUT2D eigenvalue weighted by Gasteiger charge is 2.33. The molecule has 1 unspecified atom stereocenters. The van der Waals surface area contributed by atoms with E-state index >= 15 is 0 Å². The smallest absolute Gasteiger partial charge is 0.216 e. The Morgan fingerprint density at radius 1 is 1.44 bits per heavy atom. The number of ether oxygens (including phenoxy) is 1. The highest BCUT2D eigenvalue weighted by molar-refractivity contribution is 7.90. The summed E-state index contributed by atoms with van der Waals surface area (Å²) in [6, 6.07) is 3.81. The fourth-order valence-corrected chi connectivity index (χ4v) is 4.44. The van der Waals surface area contributed by atoms with Crippen LogP contribution in [0.5, 0.6) is 0 Å². The topological polar surface area (TPSA) is 96.2 Å². The van der Waals surface area contributed by atoms with Crippen molar-refractivity contribution in [2.75, 3.05) is 45.9 Å². The first-order chi connectivity index (χ1) is 13.1. The number of nitrogens with zero attached hydrogens (tertiary/aromatic N) is 2. The lowest BCUT2D eigenvalue weighted by Crippen LogP contribution is -2.43. The Hall–Kier alpha value is -1.58. The summed E-state index contributed by atoms with van der Waals surface area (Å²) in [5.74, 6) is 1.67. The molecule has 0 aromatic carbocycles. The monoisotopic (exact) mass is 400 g/mol. The predicted molar refractivity (Wildman–Crippen MR) is 106 cm³/mol. The van der Waals surface area contributed by atoms with E-state index in [2.05, 4.69) is 15.0 Å². The van der Waals surface area contributed by atoms with Gasteiger partial charge >= 0.3 is 0 Å². The molecular formula is C18H32N4O4S. The number of rotatable bonds is 11. The van der Waals surface area contributed by atoms with Crippen molar-refractivity contribution in [3.05, 3.63) is 24.2 Å². The summed E-state index contributed by atoms with van der Waals surface area (Å²) < 4.78 is 37.9. The van der Waals surface area contributed by atoms with E-state index in [9.17, 15) is 8.42 Å². The van der Waals surface area contributed by atoms with E-state index in [4.69, 9.17) is 9.15 Å². The Morgan fingerprint density at radius 3 is 3.00 bits per heavy atom. The number of hydrogen-bond donors (Lipinski definition) is 2. The van der Waals surface area contributed by atoms with Gasteiger partial charge in [-0.1, -0.05) is 6.92 Å². The van der Waals surface area contributed by atoms with E-state index < -0.39 is 15.3 Å². The maximum atomic E-state index is 12.3. The van der Waals surface area contributed by atoms with Crippen LogP contribution in [0.4, 0.5) is 0 Å². The van der Waals surface area contributed by atoms with Crippen molar-refractivity contribution < 1.29 is 17.6 Å². The van der Waals surface area contributed by atoms with Gasteiger partial charge in [-0.25, -0.2) is 13.1 Å². The summed E-state index contributed by atoms with van der Waals surface area (Å²) in [4.78, 5) is 6.69. The molecule has 0 radical (unpaired) electrons. The number of guanidine groups is 1. The Kier molecular flexibility index (Phi) is 9.09. The minimum absolute atomic E-state index is 0.405. The Morgan fingerprint density at radius 2 is 2.30 bits per heavy atom. The minimum atomic E-state index is -3.27. The fourth-order valence-electron chi connectivity index (χ4n) is 3.01. The maximum absolute atomic E-state index is 12.3. The van der Waals surface area contributed by atoms with E-state index in [0.29, 0.717) is 52.4 Å². The van der Waals surface area contributed by atoms with Crippen molar-refractivity contribution in [3.8, 4) is 0 Å². The van der Waals surface area contributed by atoms with Crippen molar-refractivity contribution in [1.29, 1.82) is 0 Å². The van der Waals surface area contributed by atoms with Crippen LogP contribution >= 0.6 is 0 Å². The molecule has 8 nitrogen and oxygen atoms in total. The molecule has 154 valence electrons. The third kappa shape index (κ3) is 7.15. The molecule has 1 atom stereocenters. The van der Waals surface area contributed by atoms with Crippen LogP contribution in [-0.4, -0.2) is 70.5 Å². The molecule has 2 N–H and O–H groups in total. The van der Waals surface area contributed by atoms with Crippen LogP contribution in [-0.2, 0) is 21.2 Å². The van der Waals surface area contributed by atoms with E-state index in [1.165, 1.54) is 0 Å². The first-order valence-corrected chi connectivity index (χ1v) is 11.2. The van der Waals surface area contributed by atoms with Crippen molar-refractivity contribution >= 4 is 16.0 Å². The maximum Gasteiger partial charge on any atom is 0.216 e. The standard InChI is InChI=1S/C18H32N4O4S/c1-3-21-27(23,24)17-9-12-22(15-17)18(19-10-6-13-25-4-2)20-11-8-16-7-5-14-26-16/h5,7,14,17,21H,3-4,6,8-13,15H2,1-2H3,(H,19,20). The summed E-state index contributed by atoms with van der Waals surface area (Å²) in [7, 11) is -3.27. The Bertz CT molecular complexity index is 661. The molecule has 1 aromatic rings. The Balaban J connectivity index is 1.93. The molecule has 2 rings (SSSR count). The van der Waals surface area contributed by atoms with E-state index in [1.807, 2.05) is 24.0 Å². The molecule has 0 spiro atoms. The Labute approximate surface area is 162 Å². The number of nitrogens with one attached hydrogen (secondary N) is 2. The van der Waals surface area contributed by atoms with Crippen molar-refractivity contribution in [1.82, 2.24) is 14.9 Å². The molecule has 1 aliphatic rings. The summed E-state index contributed by atoms with van der Waals surface area (Å²) >= 11 is 0. The summed E-state index contributed by atoms with van der Waals surface area (Å²) in [6.45, 7) is 8.01. The van der Waals surface area contributed by atoms with Crippen molar-refractivity contribution in [2.45, 2.75) is 38.4 Å². The number of sulfonamides is 1. The van der Waals surface area contributed by atoms with Gasteiger partial charge in [0.15, 0.2) is 5.96 Å². The van der Waals surface area contributed by atoms with Crippen LogP contribution < -0.4 is 10.0 Å². The van der Waals surface area contributed by atoms with Gasteiger partial charge in [-0.15, -0.1) is 0 Å². The second-order valence-corrected chi connectivity index (χ2v) is 8.46. The molecule has 0 aliphatic carbocycles. The molecule has 1 saturated heterocycles.